The van der Waals surface area contributed by atoms with E-state index in [2.05, 4.69) is 12.2 Å². The maximum absolute atomic E-state index is 12.3. The van der Waals surface area contributed by atoms with E-state index in [9.17, 15) is 9.59 Å². The summed E-state index contributed by atoms with van der Waals surface area (Å²) in [5.74, 6) is 0.0899. The Bertz CT molecular complexity index is 534. The molecule has 0 aromatic rings. The molecule has 27 heavy (non-hydrogen) atoms. The van der Waals surface area contributed by atoms with E-state index in [0.29, 0.717) is 28.7 Å². The number of hydrogen-bond donors (Lipinski definition) is 1. The van der Waals surface area contributed by atoms with Crippen molar-refractivity contribution < 1.29 is 9.59 Å². The topological polar surface area (TPSA) is 46.2 Å². The van der Waals surface area contributed by atoms with Crippen molar-refractivity contribution in [1.29, 1.82) is 0 Å². The number of allylic oxidation sites excluding steroid dienone is 3. The van der Waals surface area contributed by atoms with E-state index in [0.717, 1.165) is 13.1 Å². The molecular weight excluding hydrogens is 358 g/mol. The number of halogens is 1. The number of nitrogens with one attached hydrogen (secondary N) is 1. The Morgan fingerprint density at radius 3 is 1.67 bits per heavy atom. The third-order valence-electron chi connectivity index (χ3n) is 5.57. The molecule has 1 aliphatic rings. The molecule has 0 amide bonds. The van der Waals surface area contributed by atoms with Gasteiger partial charge < -0.3 is 5.32 Å². The molecule has 0 saturated carbocycles. The Balaban J connectivity index is 0.00000676. The summed E-state index contributed by atoms with van der Waals surface area (Å²) in [5.41, 5.74) is 2.56. The van der Waals surface area contributed by atoms with E-state index < -0.39 is 0 Å². The normalized spacial score (nSPS) is 14.8. The molecule has 0 spiro atoms. The molecule has 0 atom stereocenters. The average Bonchev–Trinajstić information content (AvgIpc) is 2.64. The largest absolute Gasteiger partial charge is 0.316 e. The van der Waals surface area contributed by atoms with E-state index in [-0.39, 0.29) is 24.0 Å². The maximum atomic E-state index is 12.3. The highest BCUT2D eigenvalue weighted by Gasteiger charge is 2.27. The predicted molar refractivity (Wildman–Crippen MR) is 118 cm³/mol. The van der Waals surface area contributed by atoms with Gasteiger partial charge in [-0.2, -0.15) is 0 Å². The van der Waals surface area contributed by atoms with Crippen molar-refractivity contribution in [2.75, 3.05) is 13.1 Å². The summed E-state index contributed by atoms with van der Waals surface area (Å²) in [5, 5.41) is 3.43. The van der Waals surface area contributed by atoms with Crippen LogP contribution in [-0.4, -0.2) is 24.7 Å². The first-order chi connectivity index (χ1) is 12.5. The molecule has 0 unspecified atom stereocenters. The monoisotopic (exact) mass is 397 g/mol. The van der Waals surface area contributed by atoms with Gasteiger partial charge in [0.2, 0.25) is 0 Å². The number of hydrogen-bond acceptors (Lipinski definition) is 3. The minimum Gasteiger partial charge on any atom is -0.316 e. The lowest BCUT2D eigenvalue weighted by molar-refractivity contribution is -0.116. The van der Waals surface area contributed by atoms with Crippen molar-refractivity contribution in [1.82, 2.24) is 5.32 Å². The molecular formula is C23H40ClNO2. The molecule has 0 bridgehead atoms. The molecule has 0 fully saturated rings. The highest BCUT2D eigenvalue weighted by molar-refractivity contribution is 6.24. The number of rotatable bonds is 14. The summed E-state index contributed by atoms with van der Waals surface area (Å²) in [6.45, 7) is 9.33. The summed E-state index contributed by atoms with van der Waals surface area (Å²) < 4.78 is 0. The molecule has 0 heterocycles. The van der Waals surface area contributed by atoms with Gasteiger partial charge >= 0.3 is 0 Å². The molecule has 156 valence electrons. The Kier molecular flexibility index (Phi) is 14.5. The van der Waals surface area contributed by atoms with Crippen LogP contribution >= 0.6 is 12.4 Å². The summed E-state index contributed by atoms with van der Waals surface area (Å²) >= 11 is 0. The van der Waals surface area contributed by atoms with Crippen LogP contribution in [0.5, 0.6) is 0 Å². The Morgan fingerprint density at radius 1 is 0.630 bits per heavy atom. The number of ketones is 2. The first-order valence-corrected chi connectivity index (χ1v) is 10.7. The van der Waals surface area contributed by atoms with Gasteiger partial charge in [-0.25, -0.2) is 0 Å². The standard InChI is InChI=1S/C23H39NO2.ClH/c1-5-6-7-8-9-10-11-12-13-14-16-24-17-15-21-20(4)22(25)18(2)19(3)23(21)26;/h24H,5-17H2,1-4H3;1H. The van der Waals surface area contributed by atoms with Gasteiger partial charge in [0.25, 0.3) is 0 Å². The van der Waals surface area contributed by atoms with Gasteiger partial charge in [0.1, 0.15) is 0 Å². The molecule has 1 N–H and O–H groups in total. The number of Topliss-reactive ketones (excluding diaryl/α,β-unsaturated/α-hetero) is 2. The quantitative estimate of drug-likeness (QED) is 0.284. The van der Waals surface area contributed by atoms with Crippen LogP contribution in [0.15, 0.2) is 22.3 Å². The van der Waals surface area contributed by atoms with Crippen molar-refractivity contribution in [3.63, 3.8) is 0 Å². The zero-order valence-corrected chi connectivity index (χ0v) is 18.7. The average molecular weight is 398 g/mol. The Labute approximate surface area is 172 Å². The number of unbranched alkanes of at least 4 members (excludes halogenated alkanes) is 9. The van der Waals surface area contributed by atoms with E-state index in [1.54, 1.807) is 20.8 Å². The van der Waals surface area contributed by atoms with Crippen molar-refractivity contribution in [3.05, 3.63) is 22.3 Å². The van der Waals surface area contributed by atoms with Gasteiger partial charge in [0, 0.05) is 22.3 Å². The van der Waals surface area contributed by atoms with E-state index in [4.69, 9.17) is 0 Å². The molecule has 0 aromatic carbocycles. The van der Waals surface area contributed by atoms with E-state index in [1.165, 1.54) is 64.2 Å². The van der Waals surface area contributed by atoms with Crippen LogP contribution in [0, 0.1) is 0 Å². The molecule has 0 saturated heterocycles. The fraction of sp³-hybridized carbons (Fsp3) is 0.739. The van der Waals surface area contributed by atoms with Crippen molar-refractivity contribution in [2.24, 2.45) is 0 Å². The summed E-state index contributed by atoms with van der Waals surface area (Å²) in [7, 11) is 0. The predicted octanol–water partition coefficient (Wildman–Crippen LogP) is 6.11. The zero-order valence-electron chi connectivity index (χ0n) is 17.9. The lowest BCUT2D eigenvalue weighted by atomic mass is 9.84. The summed E-state index contributed by atoms with van der Waals surface area (Å²) in [6.07, 6.45) is 14.1. The molecule has 0 aliphatic heterocycles. The van der Waals surface area contributed by atoms with Gasteiger partial charge in [-0.3, -0.25) is 9.59 Å². The third kappa shape index (κ3) is 9.21. The second-order valence-corrected chi connectivity index (χ2v) is 7.69. The number of carbonyl (C=O) groups excluding carboxylic acids is 2. The van der Waals surface area contributed by atoms with Crippen LogP contribution in [0.2, 0.25) is 0 Å². The van der Waals surface area contributed by atoms with Crippen LogP contribution in [0.25, 0.3) is 0 Å². The lowest BCUT2D eigenvalue weighted by Gasteiger charge is -2.18. The summed E-state index contributed by atoms with van der Waals surface area (Å²) in [4.78, 5) is 24.5. The summed E-state index contributed by atoms with van der Waals surface area (Å²) in [6, 6.07) is 0. The van der Waals surface area contributed by atoms with Gasteiger partial charge in [0.15, 0.2) is 11.6 Å². The number of carbonyl (C=O) groups is 2. The second-order valence-electron chi connectivity index (χ2n) is 7.69. The fourth-order valence-electron chi connectivity index (χ4n) is 3.53. The molecule has 1 rings (SSSR count). The molecule has 1 aliphatic carbocycles. The lowest BCUT2D eigenvalue weighted by Crippen LogP contribution is -2.24. The first-order valence-electron chi connectivity index (χ1n) is 10.7. The Hall–Kier alpha value is -0.930. The van der Waals surface area contributed by atoms with Crippen molar-refractivity contribution in [2.45, 2.75) is 98.3 Å². The van der Waals surface area contributed by atoms with Crippen LogP contribution in [0.3, 0.4) is 0 Å². The molecule has 0 radical (unpaired) electrons. The van der Waals surface area contributed by atoms with Crippen LogP contribution in [0.1, 0.15) is 98.3 Å². The highest BCUT2D eigenvalue weighted by Crippen LogP contribution is 2.25. The third-order valence-corrected chi connectivity index (χ3v) is 5.57. The molecule has 4 heteroatoms. The van der Waals surface area contributed by atoms with Crippen molar-refractivity contribution >= 4 is 24.0 Å². The minimum atomic E-state index is 0. The maximum Gasteiger partial charge on any atom is 0.185 e. The van der Waals surface area contributed by atoms with Crippen LogP contribution < -0.4 is 5.32 Å². The van der Waals surface area contributed by atoms with Crippen molar-refractivity contribution in [3.8, 4) is 0 Å². The van der Waals surface area contributed by atoms with E-state index >= 15 is 0 Å². The van der Waals surface area contributed by atoms with Gasteiger partial charge in [-0.15, -0.1) is 12.4 Å². The SMILES string of the molecule is CCCCCCCCCCCCNCCC1=C(C)C(=O)C(C)=C(C)C1=O.Cl. The van der Waals surface area contributed by atoms with Gasteiger partial charge in [0.05, 0.1) is 0 Å². The minimum absolute atomic E-state index is 0. The fourth-order valence-corrected chi connectivity index (χ4v) is 3.53. The first kappa shape index (κ1) is 26.1. The zero-order chi connectivity index (χ0) is 19.4. The highest BCUT2D eigenvalue weighted by atomic mass is 35.5. The molecule has 3 nitrogen and oxygen atoms in total. The Morgan fingerprint density at radius 2 is 1.11 bits per heavy atom. The van der Waals surface area contributed by atoms with Crippen LogP contribution in [0.4, 0.5) is 0 Å². The van der Waals surface area contributed by atoms with Gasteiger partial charge in [-0.1, -0.05) is 64.7 Å². The van der Waals surface area contributed by atoms with Crippen LogP contribution in [-0.2, 0) is 9.59 Å². The van der Waals surface area contributed by atoms with E-state index in [1.807, 2.05) is 0 Å². The van der Waals surface area contributed by atoms with Gasteiger partial charge in [-0.05, 0) is 46.7 Å². The molecule has 0 aromatic heterocycles. The second kappa shape index (κ2) is 15.0. The smallest absolute Gasteiger partial charge is 0.185 e.